The van der Waals surface area contributed by atoms with Gasteiger partial charge in [0.2, 0.25) is 0 Å². The van der Waals surface area contributed by atoms with Gasteiger partial charge in [0.05, 0.1) is 22.1 Å². The Morgan fingerprint density at radius 1 is 1.11 bits per heavy atom. The Kier molecular flexibility index (Phi) is 6.96. The third kappa shape index (κ3) is 5.33. The highest BCUT2D eigenvalue weighted by molar-refractivity contribution is 7.91. The molecule has 2 aromatic heterocycles. The van der Waals surface area contributed by atoms with E-state index in [-0.39, 0.29) is 28.7 Å². The summed E-state index contributed by atoms with van der Waals surface area (Å²) in [5, 5.41) is 7.69. The molecule has 2 amide bonds. The van der Waals surface area contributed by atoms with Crippen molar-refractivity contribution in [1.82, 2.24) is 5.32 Å². The van der Waals surface area contributed by atoms with Gasteiger partial charge >= 0.3 is 0 Å². The molecule has 3 heterocycles. The molecule has 10 heteroatoms. The fourth-order valence-corrected chi connectivity index (χ4v) is 9.80. The van der Waals surface area contributed by atoms with Crippen LogP contribution in [-0.2, 0) is 22.7 Å². The first-order valence-corrected chi connectivity index (χ1v) is 16.3. The van der Waals surface area contributed by atoms with Gasteiger partial charge in [0.1, 0.15) is 9.88 Å². The molecule has 2 unspecified atom stereocenters. The van der Waals surface area contributed by atoms with Crippen molar-refractivity contribution in [3.8, 4) is 0 Å². The van der Waals surface area contributed by atoms with Crippen LogP contribution in [0.1, 0.15) is 69.6 Å². The molecule has 1 fully saturated rings. The van der Waals surface area contributed by atoms with Crippen LogP contribution in [-0.4, -0.2) is 37.8 Å². The zero-order valence-electron chi connectivity index (χ0n) is 21.4. The van der Waals surface area contributed by atoms with Gasteiger partial charge in [-0.05, 0) is 61.1 Å². The van der Waals surface area contributed by atoms with Crippen molar-refractivity contribution in [3.63, 3.8) is 0 Å². The van der Waals surface area contributed by atoms with Crippen LogP contribution in [0.4, 0.5) is 5.00 Å². The second-order valence-corrected chi connectivity index (χ2v) is 16.1. The first-order chi connectivity index (χ1) is 17.3. The second kappa shape index (κ2) is 9.67. The van der Waals surface area contributed by atoms with Gasteiger partial charge in [-0.25, -0.2) is 8.42 Å². The maximum atomic E-state index is 13.5. The van der Waals surface area contributed by atoms with Crippen molar-refractivity contribution in [3.05, 3.63) is 49.7 Å². The lowest BCUT2D eigenvalue weighted by Gasteiger charge is -2.33. The number of aryl methyl sites for hydroxylation is 1. The maximum absolute atomic E-state index is 13.5. The number of benzene rings is 1. The molecular formula is C27H31ClN2O4S3. The van der Waals surface area contributed by atoms with Crippen molar-refractivity contribution in [2.45, 2.75) is 59.4 Å². The summed E-state index contributed by atoms with van der Waals surface area (Å²) in [5.74, 6) is -0.149. The molecule has 5 rings (SSSR count). The van der Waals surface area contributed by atoms with Crippen LogP contribution in [0.2, 0.25) is 5.02 Å². The lowest BCUT2D eigenvalue weighted by Crippen LogP contribution is -2.36. The Morgan fingerprint density at radius 3 is 2.54 bits per heavy atom. The monoisotopic (exact) mass is 578 g/mol. The highest BCUT2D eigenvalue weighted by Gasteiger charge is 2.36. The third-order valence-corrected chi connectivity index (χ3v) is 12.1. The number of nitrogens with one attached hydrogen (secondary N) is 2. The van der Waals surface area contributed by atoms with Crippen LogP contribution in [0.25, 0.3) is 10.1 Å². The summed E-state index contributed by atoms with van der Waals surface area (Å²) >= 11 is 9.39. The molecule has 2 aliphatic rings. The lowest BCUT2D eigenvalue weighted by atomic mass is 9.72. The second-order valence-electron chi connectivity index (χ2n) is 11.3. The first-order valence-electron chi connectivity index (χ1n) is 12.5. The predicted molar refractivity (Wildman–Crippen MR) is 153 cm³/mol. The molecule has 0 bridgehead atoms. The fraction of sp³-hybridized carbons (Fsp3) is 0.481. The normalized spacial score (nSPS) is 21.1. The van der Waals surface area contributed by atoms with Crippen molar-refractivity contribution in [2.24, 2.45) is 11.3 Å². The van der Waals surface area contributed by atoms with E-state index in [9.17, 15) is 18.0 Å². The predicted octanol–water partition coefficient (Wildman–Crippen LogP) is 6.24. The lowest BCUT2D eigenvalue weighted by molar-refractivity contribution is 0.0941. The average Bonchev–Trinajstić information content (AvgIpc) is 3.44. The van der Waals surface area contributed by atoms with Gasteiger partial charge in [0, 0.05) is 21.0 Å². The summed E-state index contributed by atoms with van der Waals surface area (Å²) in [5.41, 5.74) is 2.66. The number of hydrogen-bond donors (Lipinski definition) is 2. The Hall–Kier alpha value is -1.94. The number of hydrogen-bond acceptors (Lipinski definition) is 6. The Balaban J connectivity index is 1.48. The number of sulfone groups is 1. The molecule has 198 valence electrons. The number of halogens is 1. The van der Waals surface area contributed by atoms with E-state index in [0.29, 0.717) is 32.8 Å². The minimum atomic E-state index is -3.13. The molecular weight excluding hydrogens is 548 g/mol. The standard InChI is InChI=1S/C27H31ClN2O4S3/c1-14-5-7-18-19(11-14)35-23(22(18)28)25(32)30-26-21(24(31)29-16-9-10-37(33,34)13-16)17-8-6-15(27(2,3)4)12-20(17)36-26/h5,7,11,15-16H,6,8-10,12-13H2,1-4H3,(H,29,31)(H,30,32). The minimum absolute atomic E-state index is 0.0460. The highest BCUT2D eigenvalue weighted by atomic mass is 35.5. The van der Waals surface area contributed by atoms with E-state index in [1.54, 1.807) is 0 Å². The van der Waals surface area contributed by atoms with Crippen molar-refractivity contribution >= 4 is 71.0 Å². The van der Waals surface area contributed by atoms with E-state index in [4.69, 9.17) is 11.6 Å². The van der Waals surface area contributed by atoms with E-state index < -0.39 is 15.9 Å². The summed E-state index contributed by atoms with van der Waals surface area (Å²) in [6.45, 7) is 8.70. The minimum Gasteiger partial charge on any atom is -0.348 e. The molecule has 1 aliphatic carbocycles. The molecule has 2 atom stereocenters. The van der Waals surface area contributed by atoms with Crippen LogP contribution in [0.5, 0.6) is 0 Å². The number of thiophene rings is 2. The summed E-state index contributed by atoms with van der Waals surface area (Å²) in [4.78, 5) is 28.5. The van der Waals surface area contributed by atoms with Gasteiger partial charge in [0.15, 0.2) is 9.84 Å². The van der Waals surface area contributed by atoms with Crippen molar-refractivity contribution in [2.75, 3.05) is 16.8 Å². The largest absolute Gasteiger partial charge is 0.348 e. The van der Waals surface area contributed by atoms with E-state index in [1.807, 2.05) is 25.1 Å². The van der Waals surface area contributed by atoms with Gasteiger partial charge < -0.3 is 10.6 Å². The van der Waals surface area contributed by atoms with E-state index in [1.165, 1.54) is 22.7 Å². The summed E-state index contributed by atoms with van der Waals surface area (Å²) in [7, 11) is -3.13. The number of anilines is 1. The number of amides is 2. The maximum Gasteiger partial charge on any atom is 0.267 e. The molecule has 2 N–H and O–H groups in total. The van der Waals surface area contributed by atoms with Crippen LogP contribution >= 0.6 is 34.3 Å². The molecule has 37 heavy (non-hydrogen) atoms. The highest BCUT2D eigenvalue weighted by Crippen LogP contribution is 2.45. The molecule has 6 nitrogen and oxygen atoms in total. The number of carbonyl (C=O) groups excluding carboxylic acids is 2. The Bertz CT molecular complexity index is 1510. The summed E-state index contributed by atoms with van der Waals surface area (Å²) in [6, 6.07) is 5.48. The van der Waals surface area contributed by atoms with Crippen molar-refractivity contribution < 1.29 is 18.0 Å². The molecule has 1 aromatic carbocycles. The number of rotatable bonds is 4. The molecule has 0 spiro atoms. The quantitative estimate of drug-likeness (QED) is 0.383. The van der Waals surface area contributed by atoms with Gasteiger partial charge in [-0.2, -0.15) is 0 Å². The van der Waals surface area contributed by atoms with Crippen LogP contribution in [0, 0.1) is 18.3 Å². The third-order valence-electron chi connectivity index (χ3n) is 7.50. The zero-order chi connectivity index (χ0) is 26.7. The summed E-state index contributed by atoms with van der Waals surface area (Å²) < 4.78 is 24.8. The summed E-state index contributed by atoms with van der Waals surface area (Å²) in [6.07, 6.45) is 2.96. The van der Waals surface area contributed by atoms with Gasteiger partial charge in [-0.15, -0.1) is 22.7 Å². The topological polar surface area (TPSA) is 92.3 Å². The SMILES string of the molecule is Cc1ccc2c(Cl)c(C(=O)Nc3sc4c(c3C(=O)NC3CCS(=O)(=O)C3)CCC(C(C)(C)C)C4)sc2c1. The van der Waals surface area contributed by atoms with Crippen LogP contribution in [0.15, 0.2) is 18.2 Å². The number of carbonyl (C=O) groups is 2. The molecule has 1 aliphatic heterocycles. The van der Waals surface area contributed by atoms with Gasteiger partial charge in [-0.3, -0.25) is 9.59 Å². The smallest absolute Gasteiger partial charge is 0.267 e. The average molecular weight is 579 g/mol. The Morgan fingerprint density at radius 2 is 1.86 bits per heavy atom. The Labute approximate surface area is 230 Å². The van der Waals surface area contributed by atoms with Crippen molar-refractivity contribution in [1.29, 1.82) is 0 Å². The van der Waals surface area contributed by atoms with E-state index in [2.05, 4.69) is 31.4 Å². The van der Waals surface area contributed by atoms with E-state index in [0.717, 1.165) is 45.4 Å². The number of fused-ring (bicyclic) bond motifs is 2. The van der Waals surface area contributed by atoms with Crippen LogP contribution < -0.4 is 10.6 Å². The first kappa shape index (κ1) is 26.7. The molecule has 0 radical (unpaired) electrons. The van der Waals surface area contributed by atoms with Crippen LogP contribution in [0.3, 0.4) is 0 Å². The molecule has 3 aromatic rings. The van der Waals surface area contributed by atoms with Gasteiger partial charge in [-0.1, -0.05) is 44.5 Å². The van der Waals surface area contributed by atoms with E-state index >= 15 is 0 Å². The fourth-order valence-electron chi connectivity index (χ4n) is 5.30. The molecule has 1 saturated heterocycles. The van der Waals surface area contributed by atoms with Gasteiger partial charge in [0.25, 0.3) is 11.8 Å². The zero-order valence-corrected chi connectivity index (χ0v) is 24.6. The molecule has 0 saturated carbocycles.